The van der Waals surface area contributed by atoms with Crippen molar-refractivity contribution in [2.45, 2.75) is 26.2 Å². The first-order chi connectivity index (χ1) is 11.7. The van der Waals surface area contributed by atoms with E-state index in [9.17, 15) is 0 Å². The van der Waals surface area contributed by atoms with E-state index in [1.807, 2.05) is 0 Å². The van der Waals surface area contributed by atoms with Crippen LogP contribution in [0.4, 0.5) is 0 Å². The summed E-state index contributed by atoms with van der Waals surface area (Å²) >= 11 is 0. The standard InChI is InChI=1S/C18H37N5O/c1-4-19-18(23-10-7-17(15-23)16-24-3)20-8-5-6-9-22-13-11-21(2)12-14-22/h17H,4-16H2,1-3H3,(H,19,20). The van der Waals surface area contributed by atoms with Crippen molar-refractivity contribution in [2.75, 3.05) is 79.7 Å². The van der Waals surface area contributed by atoms with E-state index in [-0.39, 0.29) is 0 Å². The van der Waals surface area contributed by atoms with Crippen LogP contribution in [0.2, 0.25) is 0 Å². The Morgan fingerprint density at radius 1 is 1.17 bits per heavy atom. The first-order valence-corrected chi connectivity index (χ1v) is 9.66. The fourth-order valence-corrected chi connectivity index (χ4v) is 3.53. The van der Waals surface area contributed by atoms with E-state index in [1.54, 1.807) is 7.11 Å². The summed E-state index contributed by atoms with van der Waals surface area (Å²) < 4.78 is 5.30. The van der Waals surface area contributed by atoms with Gasteiger partial charge < -0.3 is 24.8 Å². The number of rotatable bonds is 8. The predicted octanol–water partition coefficient (Wildman–Crippen LogP) is 0.948. The van der Waals surface area contributed by atoms with E-state index in [1.165, 1.54) is 52.0 Å². The van der Waals surface area contributed by atoms with E-state index in [0.717, 1.165) is 38.7 Å². The fourth-order valence-electron chi connectivity index (χ4n) is 3.53. The van der Waals surface area contributed by atoms with Crippen LogP contribution in [-0.4, -0.2) is 100 Å². The number of likely N-dealkylation sites (tertiary alicyclic amines) is 1. The lowest BCUT2D eigenvalue weighted by Gasteiger charge is -2.32. The number of hydrogen-bond donors (Lipinski definition) is 1. The van der Waals surface area contributed by atoms with E-state index in [0.29, 0.717) is 5.92 Å². The van der Waals surface area contributed by atoms with Crippen LogP contribution in [0.15, 0.2) is 4.99 Å². The van der Waals surface area contributed by atoms with Crippen molar-refractivity contribution in [3.05, 3.63) is 0 Å². The van der Waals surface area contributed by atoms with Crippen molar-refractivity contribution < 1.29 is 4.74 Å². The number of methoxy groups -OCH3 is 1. The van der Waals surface area contributed by atoms with Gasteiger partial charge in [0.25, 0.3) is 0 Å². The zero-order valence-corrected chi connectivity index (χ0v) is 16.0. The molecule has 24 heavy (non-hydrogen) atoms. The molecule has 6 nitrogen and oxygen atoms in total. The molecule has 140 valence electrons. The third-order valence-corrected chi connectivity index (χ3v) is 5.06. The summed E-state index contributed by atoms with van der Waals surface area (Å²) in [5.74, 6) is 1.74. The van der Waals surface area contributed by atoms with Gasteiger partial charge in [0.05, 0.1) is 6.61 Å². The van der Waals surface area contributed by atoms with Gasteiger partial charge in [-0.25, -0.2) is 0 Å². The van der Waals surface area contributed by atoms with Crippen LogP contribution in [0.3, 0.4) is 0 Å². The van der Waals surface area contributed by atoms with Gasteiger partial charge in [-0.3, -0.25) is 4.99 Å². The average molecular weight is 340 g/mol. The van der Waals surface area contributed by atoms with Crippen LogP contribution in [0, 0.1) is 5.92 Å². The Bertz CT molecular complexity index is 368. The number of piperazine rings is 1. The second kappa shape index (κ2) is 10.9. The highest BCUT2D eigenvalue weighted by Crippen LogP contribution is 2.16. The minimum atomic E-state index is 0.649. The third kappa shape index (κ3) is 6.57. The molecule has 2 aliphatic rings. The molecule has 0 aromatic rings. The average Bonchev–Trinajstić information content (AvgIpc) is 3.04. The number of guanidine groups is 1. The van der Waals surface area contributed by atoms with Crippen molar-refractivity contribution in [3.63, 3.8) is 0 Å². The zero-order chi connectivity index (χ0) is 17.2. The smallest absolute Gasteiger partial charge is 0.193 e. The van der Waals surface area contributed by atoms with Gasteiger partial charge in [0.15, 0.2) is 5.96 Å². The molecule has 2 fully saturated rings. The Morgan fingerprint density at radius 3 is 2.67 bits per heavy atom. The lowest BCUT2D eigenvalue weighted by Crippen LogP contribution is -2.44. The molecule has 0 amide bonds. The first-order valence-electron chi connectivity index (χ1n) is 9.66. The lowest BCUT2D eigenvalue weighted by molar-refractivity contribution is 0.152. The van der Waals surface area contributed by atoms with Gasteiger partial charge in [-0.05, 0) is 39.8 Å². The summed E-state index contributed by atoms with van der Waals surface area (Å²) in [7, 11) is 4.01. The molecule has 0 spiro atoms. The van der Waals surface area contributed by atoms with Crippen LogP contribution >= 0.6 is 0 Å². The molecule has 2 heterocycles. The van der Waals surface area contributed by atoms with Crippen molar-refractivity contribution in [1.29, 1.82) is 0 Å². The monoisotopic (exact) mass is 339 g/mol. The summed E-state index contributed by atoms with van der Waals surface area (Å²) in [6.07, 6.45) is 3.64. The second-order valence-electron chi connectivity index (χ2n) is 7.14. The largest absolute Gasteiger partial charge is 0.384 e. The van der Waals surface area contributed by atoms with Crippen molar-refractivity contribution in [2.24, 2.45) is 10.9 Å². The van der Waals surface area contributed by atoms with Gasteiger partial charge in [0, 0.05) is 65.4 Å². The Balaban J connectivity index is 1.66. The molecule has 2 rings (SSSR count). The molecule has 0 radical (unpaired) electrons. The minimum Gasteiger partial charge on any atom is -0.384 e. The molecule has 2 saturated heterocycles. The summed E-state index contributed by atoms with van der Waals surface area (Å²) in [5, 5.41) is 3.45. The molecule has 1 atom stereocenters. The van der Waals surface area contributed by atoms with Crippen molar-refractivity contribution in [1.82, 2.24) is 20.0 Å². The molecular weight excluding hydrogens is 302 g/mol. The van der Waals surface area contributed by atoms with Gasteiger partial charge in [0.2, 0.25) is 0 Å². The van der Waals surface area contributed by atoms with Crippen molar-refractivity contribution in [3.8, 4) is 0 Å². The maximum Gasteiger partial charge on any atom is 0.193 e. The number of likely N-dealkylation sites (N-methyl/N-ethyl adjacent to an activating group) is 1. The minimum absolute atomic E-state index is 0.649. The molecule has 1 N–H and O–H groups in total. The van der Waals surface area contributed by atoms with E-state index in [4.69, 9.17) is 9.73 Å². The molecule has 0 aromatic heterocycles. The topological polar surface area (TPSA) is 43.3 Å². The highest BCUT2D eigenvalue weighted by Gasteiger charge is 2.24. The van der Waals surface area contributed by atoms with Crippen LogP contribution in [0.1, 0.15) is 26.2 Å². The van der Waals surface area contributed by atoms with Gasteiger partial charge in [-0.15, -0.1) is 0 Å². The zero-order valence-electron chi connectivity index (χ0n) is 16.0. The first kappa shape index (κ1) is 19.5. The van der Waals surface area contributed by atoms with Crippen LogP contribution in [-0.2, 0) is 4.74 Å². The summed E-state index contributed by atoms with van der Waals surface area (Å²) in [5.41, 5.74) is 0. The normalized spacial score (nSPS) is 23.9. The number of hydrogen-bond acceptors (Lipinski definition) is 4. The SMILES string of the molecule is CCNC(=NCCCCN1CCN(C)CC1)N1CCC(COC)C1. The third-order valence-electron chi connectivity index (χ3n) is 5.06. The Labute approximate surface area is 148 Å². The van der Waals surface area contributed by atoms with Gasteiger partial charge in [-0.1, -0.05) is 0 Å². The molecule has 0 aromatic carbocycles. The van der Waals surface area contributed by atoms with Gasteiger partial charge >= 0.3 is 0 Å². The lowest BCUT2D eigenvalue weighted by atomic mass is 10.1. The second-order valence-corrected chi connectivity index (χ2v) is 7.14. The fraction of sp³-hybridized carbons (Fsp3) is 0.944. The van der Waals surface area contributed by atoms with Gasteiger partial charge in [-0.2, -0.15) is 0 Å². The quantitative estimate of drug-likeness (QED) is 0.405. The van der Waals surface area contributed by atoms with Gasteiger partial charge in [0.1, 0.15) is 0 Å². The number of ether oxygens (including phenoxy) is 1. The molecule has 0 bridgehead atoms. The van der Waals surface area contributed by atoms with E-state index >= 15 is 0 Å². The highest BCUT2D eigenvalue weighted by molar-refractivity contribution is 5.80. The van der Waals surface area contributed by atoms with Crippen molar-refractivity contribution >= 4 is 5.96 Å². The number of nitrogens with zero attached hydrogens (tertiary/aromatic N) is 4. The predicted molar refractivity (Wildman–Crippen MR) is 101 cm³/mol. The van der Waals surface area contributed by atoms with E-state index in [2.05, 4.69) is 34.0 Å². The van der Waals surface area contributed by atoms with Crippen LogP contribution in [0.5, 0.6) is 0 Å². The molecule has 2 aliphatic heterocycles. The summed E-state index contributed by atoms with van der Waals surface area (Å²) in [6, 6.07) is 0. The highest BCUT2D eigenvalue weighted by atomic mass is 16.5. The Kier molecular flexibility index (Phi) is 8.84. The molecule has 6 heteroatoms. The molecular formula is C18H37N5O. The maximum atomic E-state index is 5.30. The molecule has 0 aliphatic carbocycles. The summed E-state index contributed by atoms with van der Waals surface area (Å²) in [4.78, 5) is 12.2. The maximum absolute atomic E-state index is 5.30. The summed E-state index contributed by atoms with van der Waals surface area (Å²) in [6.45, 7) is 13.1. The Hall–Kier alpha value is -0.850. The number of unbranched alkanes of at least 4 members (excludes halogenated alkanes) is 1. The molecule has 0 saturated carbocycles. The van der Waals surface area contributed by atoms with E-state index < -0.39 is 0 Å². The van der Waals surface area contributed by atoms with Crippen LogP contribution < -0.4 is 5.32 Å². The number of aliphatic imine (C=N–C) groups is 1. The molecule has 1 unspecified atom stereocenters. The van der Waals surface area contributed by atoms with Crippen LogP contribution in [0.25, 0.3) is 0 Å². The number of nitrogens with one attached hydrogen (secondary N) is 1. The Morgan fingerprint density at radius 2 is 1.96 bits per heavy atom.